The molecular weight excluding hydrogens is 386 g/mol. The number of aromatic nitrogens is 2. The first kappa shape index (κ1) is 19.9. The Morgan fingerprint density at radius 2 is 2.19 bits per heavy atom. The van der Waals surface area contributed by atoms with E-state index in [-0.39, 0.29) is 24.2 Å². The van der Waals surface area contributed by atoms with Crippen LogP contribution in [0.1, 0.15) is 31.7 Å². The summed E-state index contributed by atoms with van der Waals surface area (Å²) in [6.45, 7) is 4.82. The van der Waals surface area contributed by atoms with Crippen LogP contribution in [0.3, 0.4) is 0 Å². The lowest BCUT2D eigenvalue weighted by Crippen LogP contribution is -2.60. The molecule has 1 fully saturated rings. The molecule has 2 heterocycles. The molecule has 146 valence electrons. The predicted octanol–water partition coefficient (Wildman–Crippen LogP) is 3.46. The summed E-state index contributed by atoms with van der Waals surface area (Å²) in [5.74, 6) is 0.824. The van der Waals surface area contributed by atoms with Crippen LogP contribution in [-0.4, -0.2) is 41.0 Å². The van der Waals surface area contributed by atoms with Crippen LogP contribution in [0.5, 0.6) is 5.75 Å². The molecule has 7 nitrogen and oxygen atoms in total. The first-order valence-electron chi connectivity index (χ1n) is 9.09. The first-order valence-corrected chi connectivity index (χ1v) is 10.3. The lowest BCUT2D eigenvalue weighted by Gasteiger charge is -2.38. The van der Waals surface area contributed by atoms with Crippen molar-refractivity contribution in [1.82, 2.24) is 20.8 Å². The predicted molar refractivity (Wildman–Crippen MR) is 108 cm³/mol. The number of urea groups is 1. The minimum absolute atomic E-state index is 0.0437. The van der Waals surface area contributed by atoms with Gasteiger partial charge in [0.15, 0.2) is 0 Å². The normalized spacial score (nSPS) is 19.8. The van der Waals surface area contributed by atoms with E-state index in [1.54, 1.807) is 0 Å². The molecule has 0 aliphatic carbocycles. The quantitative estimate of drug-likeness (QED) is 0.621. The van der Waals surface area contributed by atoms with Crippen molar-refractivity contribution in [3.8, 4) is 5.75 Å². The molecule has 1 aliphatic rings. The lowest BCUT2D eigenvalue weighted by atomic mass is 9.96. The van der Waals surface area contributed by atoms with Crippen molar-refractivity contribution in [3.05, 3.63) is 34.3 Å². The summed E-state index contributed by atoms with van der Waals surface area (Å²) in [4.78, 5) is 12.0. The standard InChI is InChI=1S/C18H24ClN5O2S/c1-3-16-23-24-18(27-16)22-17(25)21-11(2)4-9-14-15(10-20-14)26-13-7-5-12(19)6-8-13/h5-8,11,14-15,20H,3-4,9-10H2,1-2H3,(H2,21,22,24,25)/t11-,14?,15?/m1/s1. The fourth-order valence-corrected chi connectivity index (χ4v) is 3.59. The summed E-state index contributed by atoms with van der Waals surface area (Å²) >= 11 is 7.29. The van der Waals surface area contributed by atoms with Gasteiger partial charge in [0.05, 0.1) is 0 Å². The summed E-state index contributed by atoms with van der Waals surface area (Å²) in [5.41, 5.74) is 0. The molecule has 1 saturated heterocycles. The van der Waals surface area contributed by atoms with E-state index in [0.29, 0.717) is 10.2 Å². The maximum Gasteiger partial charge on any atom is 0.321 e. The van der Waals surface area contributed by atoms with Crippen molar-refractivity contribution in [2.24, 2.45) is 0 Å². The van der Waals surface area contributed by atoms with Crippen molar-refractivity contribution in [3.63, 3.8) is 0 Å². The monoisotopic (exact) mass is 409 g/mol. The molecule has 2 aromatic rings. The molecule has 3 N–H and O–H groups in total. The molecule has 3 rings (SSSR count). The van der Waals surface area contributed by atoms with Gasteiger partial charge in [0.2, 0.25) is 5.13 Å². The van der Waals surface area contributed by atoms with Crippen LogP contribution in [0.25, 0.3) is 0 Å². The molecule has 0 bridgehead atoms. The third kappa shape index (κ3) is 5.79. The Balaban J connectivity index is 1.37. The SMILES string of the molecule is CCc1nnc(NC(=O)N[C@H](C)CCC2NCC2Oc2ccc(Cl)cc2)s1. The van der Waals surface area contributed by atoms with Crippen molar-refractivity contribution < 1.29 is 9.53 Å². The molecule has 1 aromatic carbocycles. The number of hydrogen-bond donors (Lipinski definition) is 3. The highest BCUT2D eigenvalue weighted by molar-refractivity contribution is 7.15. The van der Waals surface area contributed by atoms with E-state index in [1.807, 2.05) is 38.1 Å². The number of benzene rings is 1. The van der Waals surface area contributed by atoms with Gasteiger partial charge < -0.3 is 15.4 Å². The van der Waals surface area contributed by atoms with Gasteiger partial charge in [-0.25, -0.2) is 4.79 Å². The number of anilines is 1. The topological polar surface area (TPSA) is 88.2 Å². The van der Waals surface area contributed by atoms with Gasteiger partial charge in [-0.15, -0.1) is 10.2 Å². The molecule has 1 aromatic heterocycles. The van der Waals surface area contributed by atoms with E-state index < -0.39 is 0 Å². The number of nitrogens with zero attached hydrogens (tertiary/aromatic N) is 2. The Kier molecular flexibility index (Phi) is 6.87. The number of rotatable bonds is 8. The fourth-order valence-electron chi connectivity index (χ4n) is 2.79. The Bertz CT molecular complexity index is 754. The molecule has 27 heavy (non-hydrogen) atoms. The van der Waals surface area contributed by atoms with E-state index in [9.17, 15) is 4.79 Å². The van der Waals surface area contributed by atoms with Gasteiger partial charge in [-0.3, -0.25) is 5.32 Å². The average Bonchev–Trinajstić information content (AvgIpc) is 3.07. The van der Waals surface area contributed by atoms with Crippen LogP contribution < -0.4 is 20.7 Å². The van der Waals surface area contributed by atoms with Crippen molar-refractivity contribution in [2.45, 2.75) is 51.3 Å². The Morgan fingerprint density at radius 1 is 1.41 bits per heavy atom. The number of carbonyl (C=O) groups is 1. The lowest BCUT2D eigenvalue weighted by molar-refractivity contribution is 0.0774. The van der Waals surface area contributed by atoms with Crippen LogP contribution >= 0.6 is 22.9 Å². The number of halogens is 1. The minimum atomic E-state index is -0.253. The van der Waals surface area contributed by atoms with E-state index >= 15 is 0 Å². The van der Waals surface area contributed by atoms with Gasteiger partial charge in [-0.05, 0) is 50.5 Å². The molecule has 0 radical (unpaired) electrons. The number of amides is 2. The second-order valence-corrected chi connectivity index (χ2v) is 8.05. The largest absolute Gasteiger partial charge is 0.487 e. The number of aryl methyl sites for hydroxylation is 1. The summed E-state index contributed by atoms with van der Waals surface area (Å²) in [6.07, 6.45) is 2.71. The van der Waals surface area contributed by atoms with Gasteiger partial charge >= 0.3 is 6.03 Å². The highest BCUT2D eigenvalue weighted by Crippen LogP contribution is 2.22. The zero-order valence-electron chi connectivity index (χ0n) is 15.4. The zero-order valence-corrected chi connectivity index (χ0v) is 16.9. The van der Waals surface area contributed by atoms with E-state index in [1.165, 1.54) is 11.3 Å². The third-order valence-electron chi connectivity index (χ3n) is 4.41. The Morgan fingerprint density at radius 3 is 2.81 bits per heavy atom. The number of nitrogens with one attached hydrogen (secondary N) is 3. The first-order chi connectivity index (χ1) is 13.0. The number of ether oxygens (including phenoxy) is 1. The number of hydrogen-bond acceptors (Lipinski definition) is 6. The highest BCUT2D eigenvalue weighted by Gasteiger charge is 2.32. The van der Waals surface area contributed by atoms with Crippen molar-refractivity contribution in [2.75, 3.05) is 11.9 Å². The van der Waals surface area contributed by atoms with Crippen molar-refractivity contribution >= 4 is 34.1 Å². The van der Waals surface area contributed by atoms with E-state index in [2.05, 4.69) is 26.1 Å². The molecule has 0 saturated carbocycles. The second kappa shape index (κ2) is 9.34. The Hall–Kier alpha value is -1.90. The van der Waals surface area contributed by atoms with Crippen molar-refractivity contribution in [1.29, 1.82) is 0 Å². The maximum absolute atomic E-state index is 12.0. The molecule has 9 heteroatoms. The van der Waals surface area contributed by atoms with Crippen LogP contribution in [0.2, 0.25) is 5.02 Å². The van der Waals surface area contributed by atoms with Gasteiger partial charge in [-0.1, -0.05) is 29.9 Å². The summed E-state index contributed by atoms with van der Waals surface area (Å²) < 4.78 is 5.99. The van der Waals surface area contributed by atoms with Gasteiger partial charge in [0, 0.05) is 23.7 Å². The van der Waals surface area contributed by atoms with Crippen LogP contribution in [0, 0.1) is 0 Å². The zero-order chi connectivity index (χ0) is 19.2. The molecule has 1 aliphatic heterocycles. The van der Waals surface area contributed by atoms with Gasteiger partial charge in [0.25, 0.3) is 0 Å². The summed E-state index contributed by atoms with van der Waals surface area (Å²) in [5, 5.41) is 19.1. The van der Waals surface area contributed by atoms with Gasteiger partial charge in [0.1, 0.15) is 16.9 Å². The highest BCUT2D eigenvalue weighted by atomic mass is 35.5. The smallest absolute Gasteiger partial charge is 0.321 e. The molecular formula is C18H24ClN5O2S. The van der Waals surface area contributed by atoms with E-state index in [4.69, 9.17) is 16.3 Å². The molecule has 3 atom stereocenters. The molecule has 0 spiro atoms. The number of carbonyl (C=O) groups excluding carboxylic acids is 1. The summed E-state index contributed by atoms with van der Waals surface area (Å²) in [7, 11) is 0. The fraction of sp³-hybridized carbons (Fsp3) is 0.500. The minimum Gasteiger partial charge on any atom is -0.487 e. The van der Waals surface area contributed by atoms with Crippen LogP contribution in [-0.2, 0) is 6.42 Å². The molecule has 2 amide bonds. The van der Waals surface area contributed by atoms with E-state index in [0.717, 1.165) is 36.6 Å². The van der Waals surface area contributed by atoms with Gasteiger partial charge in [-0.2, -0.15) is 0 Å². The third-order valence-corrected chi connectivity index (χ3v) is 5.64. The Labute approximate surface area is 167 Å². The average molecular weight is 410 g/mol. The second-order valence-electron chi connectivity index (χ2n) is 6.56. The van der Waals surface area contributed by atoms with Crippen LogP contribution in [0.4, 0.5) is 9.93 Å². The van der Waals surface area contributed by atoms with Crippen LogP contribution in [0.15, 0.2) is 24.3 Å². The summed E-state index contributed by atoms with van der Waals surface area (Å²) in [6, 6.07) is 7.48. The molecule has 2 unspecified atom stereocenters. The maximum atomic E-state index is 12.0.